The van der Waals surface area contributed by atoms with Crippen LogP contribution in [0.3, 0.4) is 0 Å². The van der Waals surface area contributed by atoms with Gasteiger partial charge in [-0.05, 0) is 43.2 Å². The first kappa shape index (κ1) is 22.2. The van der Waals surface area contributed by atoms with Crippen molar-refractivity contribution in [2.75, 3.05) is 41.0 Å². The number of hydrogen-bond donors (Lipinski definition) is 2. The van der Waals surface area contributed by atoms with Gasteiger partial charge in [0.25, 0.3) is 0 Å². The number of methoxy groups -OCH3 is 3. The number of para-hydroxylation sites is 1. The Morgan fingerprint density at radius 1 is 0.931 bits per heavy atom. The van der Waals surface area contributed by atoms with Crippen LogP contribution in [0.1, 0.15) is 18.9 Å². The van der Waals surface area contributed by atoms with Gasteiger partial charge in [0.15, 0.2) is 17.5 Å². The Bertz CT molecular complexity index is 741. The fourth-order valence-electron chi connectivity index (χ4n) is 2.72. The van der Waals surface area contributed by atoms with Gasteiger partial charge in [-0.3, -0.25) is 0 Å². The summed E-state index contributed by atoms with van der Waals surface area (Å²) in [5.41, 5.74) is 0.962. The number of guanidine groups is 1. The van der Waals surface area contributed by atoms with Gasteiger partial charge >= 0.3 is 0 Å². The van der Waals surface area contributed by atoms with Crippen LogP contribution in [0.25, 0.3) is 0 Å². The molecule has 0 fully saturated rings. The number of hydrogen-bond acceptors (Lipinski definition) is 5. The van der Waals surface area contributed by atoms with E-state index < -0.39 is 0 Å². The van der Waals surface area contributed by atoms with Crippen LogP contribution >= 0.6 is 0 Å². The molecular formula is C22H31N3O4. The van der Waals surface area contributed by atoms with Gasteiger partial charge in [-0.15, -0.1) is 0 Å². The zero-order chi connectivity index (χ0) is 20.9. The first-order valence-electron chi connectivity index (χ1n) is 9.70. The number of benzene rings is 2. The fourth-order valence-corrected chi connectivity index (χ4v) is 2.72. The maximum atomic E-state index is 5.71. The van der Waals surface area contributed by atoms with E-state index in [0.29, 0.717) is 30.4 Å². The molecule has 2 rings (SSSR count). The van der Waals surface area contributed by atoms with Crippen LogP contribution in [-0.2, 0) is 6.54 Å². The normalized spacial score (nSPS) is 11.0. The van der Waals surface area contributed by atoms with Crippen LogP contribution in [-0.4, -0.2) is 47.0 Å². The highest BCUT2D eigenvalue weighted by atomic mass is 16.5. The second kappa shape index (κ2) is 12.4. The number of aliphatic imine (C=N–C) groups is 1. The van der Waals surface area contributed by atoms with Gasteiger partial charge in [-0.1, -0.05) is 18.2 Å². The van der Waals surface area contributed by atoms with Gasteiger partial charge in [0.05, 0.1) is 34.5 Å². The number of rotatable bonds is 11. The quantitative estimate of drug-likeness (QED) is 0.342. The zero-order valence-electron chi connectivity index (χ0n) is 17.7. The van der Waals surface area contributed by atoms with Crippen LogP contribution in [0.4, 0.5) is 0 Å². The van der Waals surface area contributed by atoms with Crippen molar-refractivity contribution in [1.29, 1.82) is 0 Å². The lowest BCUT2D eigenvalue weighted by Crippen LogP contribution is -2.38. The zero-order valence-corrected chi connectivity index (χ0v) is 17.7. The monoisotopic (exact) mass is 401 g/mol. The summed E-state index contributed by atoms with van der Waals surface area (Å²) in [7, 11) is 4.80. The molecule has 0 aromatic heterocycles. The molecule has 158 valence electrons. The molecule has 0 atom stereocenters. The van der Waals surface area contributed by atoms with E-state index in [1.165, 1.54) is 0 Å². The largest absolute Gasteiger partial charge is 0.494 e. The van der Waals surface area contributed by atoms with E-state index in [-0.39, 0.29) is 0 Å². The number of nitrogens with zero attached hydrogens (tertiary/aromatic N) is 1. The summed E-state index contributed by atoms with van der Waals surface area (Å²) in [6, 6.07) is 13.6. The second-order valence-electron chi connectivity index (χ2n) is 6.17. The molecule has 29 heavy (non-hydrogen) atoms. The predicted molar refractivity (Wildman–Crippen MR) is 115 cm³/mol. The number of nitrogens with one attached hydrogen (secondary N) is 2. The first-order chi connectivity index (χ1) is 14.2. The molecule has 0 aliphatic carbocycles. The topological polar surface area (TPSA) is 73.3 Å². The van der Waals surface area contributed by atoms with Gasteiger partial charge in [0.1, 0.15) is 5.75 Å². The average Bonchev–Trinajstić information content (AvgIpc) is 2.76. The maximum Gasteiger partial charge on any atom is 0.203 e. The molecule has 0 bridgehead atoms. The van der Waals surface area contributed by atoms with Crippen molar-refractivity contribution in [1.82, 2.24) is 10.6 Å². The van der Waals surface area contributed by atoms with E-state index in [2.05, 4.69) is 15.6 Å². The van der Waals surface area contributed by atoms with E-state index in [9.17, 15) is 0 Å². The molecule has 0 aliphatic rings. The predicted octanol–water partition coefficient (Wildman–Crippen LogP) is 3.24. The van der Waals surface area contributed by atoms with E-state index in [1.807, 2.05) is 49.4 Å². The van der Waals surface area contributed by atoms with Crippen molar-refractivity contribution >= 4 is 5.96 Å². The smallest absolute Gasteiger partial charge is 0.203 e. The summed E-state index contributed by atoms with van der Waals surface area (Å²) >= 11 is 0. The van der Waals surface area contributed by atoms with Gasteiger partial charge in [-0.25, -0.2) is 4.99 Å². The van der Waals surface area contributed by atoms with E-state index in [4.69, 9.17) is 18.9 Å². The van der Waals surface area contributed by atoms with Gasteiger partial charge < -0.3 is 29.6 Å². The van der Waals surface area contributed by atoms with Gasteiger partial charge in [0.2, 0.25) is 5.75 Å². The van der Waals surface area contributed by atoms with Crippen LogP contribution < -0.4 is 29.6 Å². The van der Waals surface area contributed by atoms with Crippen molar-refractivity contribution in [2.45, 2.75) is 19.9 Å². The summed E-state index contributed by atoms with van der Waals surface area (Å²) in [6.45, 7) is 4.69. The molecule has 7 heteroatoms. The second-order valence-corrected chi connectivity index (χ2v) is 6.17. The molecule has 2 N–H and O–H groups in total. The van der Waals surface area contributed by atoms with Crippen LogP contribution in [0, 0.1) is 0 Å². The van der Waals surface area contributed by atoms with E-state index in [1.54, 1.807) is 21.3 Å². The van der Waals surface area contributed by atoms with Crippen LogP contribution in [0.5, 0.6) is 23.0 Å². The summed E-state index contributed by atoms with van der Waals surface area (Å²) in [6.07, 6.45) is 0.865. The van der Waals surface area contributed by atoms with Gasteiger partial charge in [-0.2, -0.15) is 0 Å². The summed E-state index contributed by atoms with van der Waals surface area (Å²) in [5.74, 6) is 3.45. The highest BCUT2D eigenvalue weighted by molar-refractivity contribution is 5.79. The standard InChI is InChI=1S/C22H31N3O4/c1-5-23-22(24-12-9-13-29-18-10-7-6-8-11-18)25-16-17-14-19(26-2)21(28-4)20(15-17)27-3/h6-8,10-11,14-15H,5,9,12-13,16H2,1-4H3,(H2,23,24,25). The lowest BCUT2D eigenvalue weighted by atomic mass is 10.2. The molecule has 0 amide bonds. The minimum absolute atomic E-state index is 0.479. The minimum atomic E-state index is 0.479. The minimum Gasteiger partial charge on any atom is -0.494 e. The molecule has 2 aromatic rings. The SMILES string of the molecule is CCNC(=NCc1cc(OC)c(OC)c(OC)c1)NCCCOc1ccccc1. The Morgan fingerprint density at radius 3 is 2.21 bits per heavy atom. The Hall–Kier alpha value is -3.09. The molecule has 0 saturated carbocycles. The van der Waals surface area contributed by atoms with Crippen LogP contribution in [0.15, 0.2) is 47.5 Å². The summed E-state index contributed by atoms with van der Waals surface area (Å²) in [4.78, 5) is 4.65. The molecule has 0 spiro atoms. The Morgan fingerprint density at radius 2 is 1.62 bits per heavy atom. The molecule has 0 unspecified atom stereocenters. The summed E-state index contributed by atoms with van der Waals surface area (Å²) in [5, 5.41) is 6.58. The van der Waals surface area contributed by atoms with Crippen molar-refractivity contribution in [3.05, 3.63) is 48.0 Å². The molecule has 0 heterocycles. The van der Waals surface area contributed by atoms with Crippen molar-refractivity contribution < 1.29 is 18.9 Å². The van der Waals surface area contributed by atoms with E-state index >= 15 is 0 Å². The lowest BCUT2D eigenvalue weighted by Gasteiger charge is -2.14. The average molecular weight is 402 g/mol. The first-order valence-corrected chi connectivity index (χ1v) is 9.70. The fraction of sp³-hybridized carbons (Fsp3) is 0.409. The maximum absolute atomic E-state index is 5.71. The Balaban J connectivity index is 1.91. The molecule has 0 aliphatic heterocycles. The Kier molecular flexibility index (Phi) is 9.48. The highest BCUT2D eigenvalue weighted by Crippen LogP contribution is 2.38. The molecule has 0 radical (unpaired) electrons. The third-order valence-corrected chi connectivity index (χ3v) is 4.11. The number of ether oxygens (including phenoxy) is 4. The van der Waals surface area contributed by atoms with Crippen LogP contribution in [0.2, 0.25) is 0 Å². The highest BCUT2D eigenvalue weighted by Gasteiger charge is 2.13. The Labute approximate surface area is 173 Å². The van der Waals surface area contributed by atoms with Gasteiger partial charge in [0, 0.05) is 13.1 Å². The molecule has 0 saturated heterocycles. The molecule has 2 aromatic carbocycles. The molecular weight excluding hydrogens is 370 g/mol. The van der Waals surface area contributed by atoms with E-state index in [0.717, 1.165) is 36.8 Å². The third kappa shape index (κ3) is 7.10. The van der Waals surface area contributed by atoms with Crippen molar-refractivity contribution in [3.8, 4) is 23.0 Å². The third-order valence-electron chi connectivity index (χ3n) is 4.11. The lowest BCUT2D eigenvalue weighted by molar-refractivity contribution is 0.311. The summed E-state index contributed by atoms with van der Waals surface area (Å²) < 4.78 is 21.9. The van der Waals surface area contributed by atoms with Crippen molar-refractivity contribution in [2.24, 2.45) is 4.99 Å². The van der Waals surface area contributed by atoms with Crippen molar-refractivity contribution in [3.63, 3.8) is 0 Å². The molecule has 7 nitrogen and oxygen atoms in total.